The first-order chi connectivity index (χ1) is 15.0. The van der Waals surface area contributed by atoms with Gasteiger partial charge in [-0.2, -0.15) is 0 Å². The summed E-state index contributed by atoms with van der Waals surface area (Å²) in [5.74, 6) is -0.110. The molecule has 2 aromatic heterocycles. The summed E-state index contributed by atoms with van der Waals surface area (Å²) in [7, 11) is 1.31. The van der Waals surface area contributed by atoms with Crippen LogP contribution in [-0.2, 0) is 11.3 Å². The number of pyridine rings is 1. The summed E-state index contributed by atoms with van der Waals surface area (Å²) in [4.78, 5) is 28.7. The Morgan fingerprint density at radius 2 is 1.84 bits per heavy atom. The van der Waals surface area contributed by atoms with Crippen LogP contribution in [-0.4, -0.2) is 28.4 Å². The van der Waals surface area contributed by atoms with Gasteiger partial charge in [0.1, 0.15) is 18.0 Å². The molecule has 0 unspecified atom stereocenters. The number of aromatic nitrogens is 2. The number of hydrogen-bond acceptors (Lipinski definition) is 5. The third kappa shape index (κ3) is 4.56. The molecule has 0 fully saturated rings. The lowest BCUT2D eigenvalue weighted by atomic mass is 10.1. The Labute approximate surface area is 179 Å². The van der Waals surface area contributed by atoms with Crippen LogP contribution in [0.15, 0.2) is 73.1 Å². The van der Waals surface area contributed by atoms with Crippen molar-refractivity contribution in [3.05, 3.63) is 95.4 Å². The highest BCUT2D eigenvalue weighted by atomic mass is 16.5. The Bertz CT molecular complexity index is 1250. The largest absolute Gasteiger partial charge is 0.487 e. The SMILES string of the molecule is COC(=O)c1cccc(NC(=O)c2ccc(OCc3cn4cccc(C)c4n3)cc2)c1. The van der Waals surface area contributed by atoms with E-state index >= 15 is 0 Å². The lowest BCUT2D eigenvalue weighted by Gasteiger charge is -2.08. The van der Waals surface area contributed by atoms with Crippen LogP contribution in [0.4, 0.5) is 5.69 Å². The van der Waals surface area contributed by atoms with E-state index < -0.39 is 5.97 Å². The number of carbonyl (C=O) groups excluding carboxylic acids is 2. The number of amides is 1. The van der Waals surface area contributed by atoms with E-state index in [-0.39, 0.29) is 5.91 Å². The number of benzene rings is 2. The number of esters is 1. The number of methoxy groups -OCH3 is 1. The molecule has 7 nitrogen and oxygen atoms in total. The predicted molar refractivity (Wildman–Crippen MR) is 116 cm³/mol. The summed E-state index contributed by atoms with van der Waals surface area (Å²) in [5, 5.41) is 2.77. The van der Waals surface area contributed by atoms with Gasteiger partial charge in [-0.05, 0) is 61.0 Å². The van der Waals surface area contributed by atoms with Gasteiger partial charge in [-0.25, -0.2) is 9.78 Å². The van der Waals surface area contributed by atoms with E-state index in [2.05, 4.69) is 10.3 Å². The van der Waals surface area contributed by atoms with E-state index in [4.69, 9.17) is 9.47 Å². The van der Waals surface area contributed by atoms with Crippen LogP contribution in [0, 0.1) is 6.92 Å². The van der Waals surface area contributed by atoms with Gasteiger partial charge in [0.25, 0.3) is 5.91 Å². The van der Waals surface area contributed by atoms with Crippen LogP contribution in [0.2, 0.25) is 0 Å². The molecule has 0 radical (unpaired) electrons. The first kappa shape index (κ1) is 20.2. The van der Waals surface area contributed by atoms with Gasteiger partial charge in [-0.3, -0.25) is 4.79 Å². The van der Waals surface area contributed by atoms with Gasteiger partial charge in [0, 0.05) is 23.6 Å². The number of fused-ring (bicyclic) bond motifs is 1. The predicted octanol–water partition coefficient (Wildman–Crippen LogP) is 4.26. The minimum atomic E-state index is -0.460. The molecule has 1 amide bonds. The molecule has 4 rings (SSSR count). The Morgan fingerprint density at radius 3 is 2.58 bits per heavy atom. The number of nitrogens with zero attached hydrogens (tertiary/aromatic N) is 2. The van der Waals surface area contributed by atoms with Crippen molar-refractivity contribution >= 4 is 23.2 Å². The van der Waals surface area contributed by atoms with Crippen molar-refractivity contribution in [2.45, 2.75) is 13.5 Å². The fourth-order valence-electron chi connectivity index (χ4n) is 3.18. The number of nitrogens with one attached hydrogen (secondary N) is 1. The molecule has 2 aromatic carbocycles. The molecule has 0 saturated carbocycles. The van der Waals surface area contributed by atoms with E-state index in [0.717, 1.165) is 16.9 Å². The normalized spacial score (nSPS) is 10.6. The molecule has 0 spiro atoms. The maximum Gasteiger partial charge on any atom is 0.337 e. The van der Waals surface area contributed by atoms with Crippen LogP contribution < -0.4 is 10.1 Å². The van der Waals surface area contributed by atoms with Crippen LogP contribution in [0.1, 0.15) is 32.0 Å². The molecule has 0 atom stereocenters. The molecule has 7 heteroatoms. The topological polar surface area (TPSA) is 81.9 Å². The maximum absolute atomic E-state index is 12.5. The summed E-state index contributed by atoms with van der Waals surface area (Å²) >= 11 is 0. The number of aryl methyl sites for hydroxylation is 1. The van der Waals surface area contributed by atoms with Crippen molar-refractivity contribution in [1.82, 2.24) is 9.38 Å². The van der Waals surface area contributed by atoms with E-state index in [1.165, 1.54) is 7.11 Å². The minimum absolute atomic E-state index is 0.288. The van der Waals surface area contributed by atoms with Gasteiger partial charge in [0.05, 0.1) is 18.4 Å². The van der Waals surface area contributed by atoms with Crippen molar-refractivity contribution in [2.24, 2.45) is 0 Å². The van der Waals surface area contributed by atoms with Gasteiger partial charge in [-0.1, -0.05) is 12.1 Å². The van der Waals surface area contributed by atoms with Gasteiger partial charge >= 0.3 is 5.97 Å². The molecule has 156 valence electrons. The van der Waals surface area contributed by atoms with Crippen molar-refractivity contribution < 1.29 is 19.1 Å². The van der Waals surface area contributed by atoms with Crippen molar-refractivity contribution in [2.75, 3.05) is 12.4 Å². The van der Waals surface area contributed by atoms with Crippen molar-refractivity contribution in [3.8, 4) is 5.75 Å². The Kier molecular flexibility index (Phi) is 5.66. The summed E-state index contributed by atoms with van der Waals surface area (Å²) in [5.41, 5.74) is 4.17. The standard InChI is InChI=1S/C24H21N3O4/c1-16-5-4-12-27-14-20(25-22(16)27)15-31-21-10-8-17(9-11-21)23(28)26-19-7-3-6-18(13-19)24(29)30-2/h3-14H,15H2,1-2H3,(H,26,28). The molecular weight excluding hydrogens is 394 g/mol. The molecule has 0 saturated heterocycles. The van der Waals surface area contributed by atoms with E-state index in [1.807, 2.05) is 35.9 Å². The van der Waals surface area contributed by atoms with Crippen LogP contribution >= 0.6 is 0 Å². The Morgan fingerprint density at radius 1 is 1.03 bits per heavy atom. The summed E-state index contributed by atoms with van der Waals surface area (Å²) in [6.07, 6.45) is 3.89. The summed E-state index contributed by atoms with van der Waals surface area (Å²) < 4.78 is 12.5. The second kappa shape index (κ2) is 8.71. The summed E-state index contributed by atoms with van der Waals surface area (Å²) in [6.45, 7) is 2.34. The zero-order valence-electron chi connectivity index (χ0n) is 17.2. The highest BCUT2D eigenvalue weighted by Crippen LogP contribution is 2.17. The summed E-state index contributed by atoms with van der Waals surface area (Å²) in [6, 6.07) is 17.4. The first-order valence-corrected chi connectivity index (χ1v) is 9.69. The number of carbonyl (C=O) groups is 2. The molecule has 31 heavy (non-hydrogen) atoms. The smallest absolute Gasteiger partial charge is 0.337 e. The molecule has 2 heterocycles. The number of hydrogen-bond donors (Lipinski definition) is 1. The van der Waals surface area contributed by atoms with Crippen LogP contribution in [0.3, 0.4) is 0 Å². The molecule has 1 N–H and O–H groups in total. The number of rotatable bonds is 6. The average Bonchev–Trinajstić information content (AvgIpc) is 3.22. The maximum atomic E-state index is 12.5. The van der Waals surface area contributed by atoms with Gasteiger partial charge < -0.3 is 19.2 Å². The fourth-order valence-corrected chi connectivity index (χ4v) is 3.18. The number of anilines is 1. The lowest BCUT2D eigenvalue weighted by Crippen LogP contribution is -2.12. The molecular formula is C24H21N3O4. The highest BCUT2D eigenvalue weighted by molar-refractivity contribution is 6.04. The fraction of sp³-hybridized carbons (Fsp3) is 0.125. The Balaban J connectivity index is 1.39. The number of imidazole rings is 1. The molecule has 4 aromatic rings. The molecule has 0 aliphatic carbocycles. The second-order valence-corrected chi connectivity index (χ2v) is 6.99. The first-order valence-electron chi connectivity index (χ1n) is 9.69. The van der Waals surface area contributed by atoms with Crippen molar-refractivity contribution in [3.63, 3.8) is 0 Å². The number of ether oxygens (including phenoxy) is 2. The average molecular weight is 415 g/mol. The second-order valence-electron chi connectivity index (χ2n) is 6.99. The van der Waals surface area contributed by atoms with E-state index in [9.17, 15) is 9.59 Å². The van der Waals surface area contributed by atoms with E-state index in [0.29, 0.717) is 29.2 Å². The molecule has 0 bridgehead atoms. The van der Waals surface area contributed by atoms with E-state index in [1.54, 1.807) is 48.5 Å². The van der Waals surface area contributed by atoms with Gasteiger partial charge in [0.15, 0.2) is 0 Å². The third-order valence-electron chi connectivity index (χ3n) is 4.77. The minimum Gasteiger partial charge on any atom is -0.487 e. The Hall–Kier alpha value is -4.13. The molecule has 0 aliphatic rings. The van der Waals surface area contributed by atoms with Crippen LogP contribution in [0.5, 0.6) is 5.75 Å². The zero-order valence-corrected chi connectivity index (χ0v) is 17.2. The zero-order chi connectivity index (χ0) is 21.8. The third-order valence-corrected chi connectivity index (χ3v) is 4.77. The van der Waals surface area contributed by atoms with Crippen LogP contribution in [0.25, 0.3) is 5.65 Å². The molecule has 0 aliphatic heterocycles. The van der Waals surface area contributed by atoms with Gasteiger partial charge in [0.2, 0.25) is 0 Å². The highest BCUT2D eigenvalue weighted by Gasteiger charge is 2.10. The monoisotopic (exact) mass is 415 g/mol. The van der Waals surface area contributed by atoms with Crippen molar-refractivity contribution in [1.29, 1.82) is 0 Å². The van der Waals surface area contributed by atoms with Gasteiger partial charge in [-0.15, -0.1) is 0 Å². The lowest BCUT2D eigenvalue weighted by molar-refractivity contribution is 0.0600. The quantitative estimate of drug-likeness (QED) is 0.476.